The Morgan fingerprint density at radius 2 is 1.81 bits per heavy atom. The zero-order valence-electron chi connectivity index (χ0n) is 14.0. The first-order valence-corrected chi connectivity index (χ1v) is 7.46. The molecule has 21 heavy (non-hydrogen) atoms. The lowest BCUT2D eigenvalue weighted by Crippen LogP contribution is -2.26. The number of hydrogen-bond donors (Lipinski definition) is 1. The highest BCUT2D eigenvalue weighted by Gasteiger charge is 2.23. The van der Waals surface area contributed by atoms with Gasteiger partial charge < -0.3 is 15.0 Å². The standard InChI is InChI=1S/C17H27N3O/c1-16(2,3)20-14-8-7-12(10-18)9-13(14)19-15(20)11-21-17(4,5)6/h7-9H,10-11,18H2,1-6H3. The van der Waals surface area contributed by atoms with Crippen LogP contribution in [0.25, 0.3) is 11.0 Å². The second-order valence-electron chi connectivity index (χ2n) is 7.46. The van der Waals surface area contributed by atoms with Gasteiger partial charge in [0.15, 0.2) is 0 Å². The highest BCUT2D eigenvalue weighted by atomic mass is 16.5. The van der Waals surface area contributed by atoms with E-state index in [1.165, 1.54) is 0 Å². The van der Waals surface area contributed by atoms with E-state index in [1.807, 2.05) is 0 Å². The molecule has 0 spiro atoms. The second-order valence-corrected chi connectivity index (χ2v) is 7.46. The van der Waals surface area contributed by atoms with Crippen LogP contribution in [-0.2, 0) is 23.4 Å². The quantitative estimate of drug-likeness (QED) is 0.940. The second kappa shape index (κ2) is 5.43. The van der Waals surface area contributed by atoms with E-state index in [1.54, 1.807) is 0 Å². The van der Waals surface area contributed by atoms with Crippen LogP contribution in [0.1, 0.15) is 52.9 Å². The van der Waals surface area contributed by atoms with E-state index >= 15 is 0 Å². The molecular weight excluding hydrogens is 262 g/mol. The number of fused-ring (bicyclic) bond motifs is 1. The predicted molar refractivity (Wildman–Crippen MR) is 87.2 cm³/mol. The van der Waals surface area contributed by atoms with Crippen molar-refractivity contribution in [3.8, 4) is 0 Å². The van der Waals surface area contributed by atoms with Crippen LogP contribution >= 0.6 is 0 Å². The van der Waals surface area contributed by atoms with Crippen LogP contribution in [0, 0.1) is 0 Å². The van der Waals surface area contributed by atoms with Crippen molar-refractivity contribution in [3.05, 3.63) is 29.6 Å². The molecule has 0 saturated heterocycles. The van der Waals surface area contributed by atoms with Gasteiger partial charge in [0.25, 0.3) is 0 Å². The summed E-state index contributed by atoms with van der Waals surface area (Å²) in [5, 5.41) is 0. The van der Waals surface area contributed by atoms with Crippen LogP contribution in [0.4, 0.5) is 0 Å². The summed E-state index contributed by atoms with van der Waals surface area (Å²) in [7, 11) is 0. The van der Waals surface area contributed by atoms with E-state index < -0.39 is 0 Å². The normalized spacial score (nSPS) is 13.1. The number of benzene rings is 1. The number of nitrogens with two attached hydrogens (primary N) is 1. The van der Waals surface area contributed by atoms with Crippen molar-refractivity contribution >= 4 is 11.0 Å². The smallest absolute Gasteiger partial charge is 0.136 e. The lowest BCUT2D eigenvalue weighted by molar-refractivity contribution is -0.0202. The van der Waals surface area contributed by atoms with Gasteiger partial charge in [-0.25, -0.2) is 4.98 Å². The summed E-state index contributed by atoms with van der Waals surface area (Å²) in [6, 6.07) is 6.25. The first kappa shape index (κ1) is 16.0. The number of ether oxygens (including phenoxy) is 1. The molecule has 0 amide bonds. The molecule has 0 atom stereocenters. The summed E-state index contributed by atoms with van der Waals surface area (Å²) in [6.07, 6.45) is 0. The van der Waals surface area contributed by atoms with Crippen LogP contribution in [0.2, 0.25) is 0 Å². The Morgan fingerprint density at radius 1 is 1.14 bits per heavy atom. The Bertz CT molecular complexity index is 630. The molecule has 2 rings (SSSR count). The highest BCUT2D eigenvalue weighted by Crippen LogP contribution is 2.27. The number of nitrogens with zero attached hydrogens (tertiary/aromatic N) is 2. The molecule has 0 aliphatic heterocycles. The minimum absolute atomic E-state index is 0.0461. The summed E-state index contributed by atoms with van der Waals surface area (Å²) >= 11 is 0. The van der Waals surface area contributed by atoms with Crippen LogP contribution in [0.3, 0.4) is 0 Å². The van der Waals surface area contributed by atoms with Crippen LogP contribution < -0.4 is 5.73 Å². The molecular formula is C17H27N3O. The molecule has 0 radical (unpaired) electrons. The Balaban J connectivity index is 2.52. The molecule has 1 aromatic carbocycles. The SMILES string of the molecule is CC(C)(C)OCc1nc2cc(CN)ccc2n1C(C)(C)C. The van der Waals surface area contributed by atoms with Gasteiger partial charge in [-0.2, -0.15) is 0 Å². The first-order chi connectivity index (χ1) is 9.62. The summed E-state index contributed by atoms with van der Waals surface area (Å²) < 4.78 is 8.19. The van der Waals surface area contributed by atoms with Gasteiger partial charge in [0.1, 0.15) is 12.4 Å². The van der Waals surface area contributed by atoms with Gasteiger partial charge in [0, 0.05) is 12.1 Å². The molecule has 0 bridgehead atoms. The van der Waals surface area contributed by atoms with Gasteiger partial charge in [-0.3, -0.25) is 0 Å². The minimum Gasteiger partial charge on any atom is -0.368 e. The Kier molecular flexibility index (Phi) is 4.13. The van der Waals surface area contributed by atoms with Gasteiger partial charge in [-0.15, -0.1) is 0 Å². The fraction of sp³-hybridized carbons (Fsp3) is 0.588. The number of imidazole rings is 1. The maximum atomic E-state index is 5.93. The topological polar surface area (TPSA) is 53.1 Å². The zero-order valence-corrected chi connectivity index (χ0v) is 14.0. The third-order valence-electron chi connectivity index (χ3n) is 3.33. The molecule has 0 fully saturated rings. The van der Waals surface area contributed by atoms with Gasteiger partial charge in [0.2, 0.25) is 0 Å². The largest absolute Gasteiger partial charge is 0.368 e. The van der Waals surface area contributed by atoms with Crippen molar-refractivity contribution in [1.82, 2.24) is 9.55 Å². The van der Waals surface area contributed by atoms with E-state index in [-0.39, 0.29) is 11.1 Å². The molecule has 2 N–H and O–H groups in total. The summed E-state index contributed by atoms with van der Waals surface area (Å²) in [5.74, 6) is 0.960. The summed E-state index contributed by atoms with van der Waals surface area (Å²) in [5.41, 5.74) is 8.72. The minimum atomic E-state index is -0.177. The highest BCUT2D eigenvalue weighted by molar-refractivity contribution is 5.77. The fourth-order valence-electron chi connectivity index (χ4n) is 2.43. The molecule has 0 aliphatic rings. The van der Waals surface area contributed by atoms with Gasteiger partial charge in [-0.05, 0) is 59.2 Å². The molecule has 0 unspecified atom stereocenters. The molecule has 0 aliphatic carbocycles. The summed E-state index contributed by atoms with van der Waals surface area (Å²) in [6.45, 7) is 13.8. The Hall–Kier alpha value is -1.39. The van der Waals surface area contributed by atoms with Crippen LogP contribution in [0.5, 0.6) is 0 Å². The Labute approximate surface area is 127 Å². The molecule has 2 aromatic rings. The number of aromatic nitrogens is 2. The number of rotatable bonds is 3. The van der Waals surface area contributed by atoms with Crippen molar-refractivity contribution in [1.29, 1.82) is 0 Å². The van der Waals surface area contributed by atoms with Crippen molar-refractivity contribution in [2.75, 3.05) is 0 Å². The molecule has 0 saturated carbocycles. The van der Waals surface area contributed by atoms with E-state index in [2.05, 4.69) is 64.3 Å². The lowest BCUT2D eigenvalue weighted by atomic mass is 10.1. The summed E-state index contributed by atoms with van der Waals surface area (Å²) in [4.78, 5) is 4.77. The maximum Gasteiger partial charge on any atom is 0.136 e. The average molecular weight is 289 g/mol. The molecule has 1 aromatic heterocycles. The van der Waals surface area contributed by atoms with E-state index in [4.69, 9.17) is 15.5 Å². The molecule has 1 heterocycles. The van der Waals surface area contributed by atoms with E-state index in [9.17, 15) is 0 Å². The van der Waals surface area contributed by atoms with E-state index in [0.29, 0.717) is 13.2 Å². The van der Waals surface area contributed by atoms with Crippen molar-refractivity contribution in [2.24, 2.45) is 5.73 Å². The van der Waals surface area contributed by atoms with E-state index in [0.717, 1.165) is 22.4 Å². The van der Waals surface area contributed by atoms with Gasteiger partial charge >= 0.3 is 0 Å². The third kappa shape index (κ3) is 3.63. The van der Waals surface area contributed by atoms with Crippen molar-refractivity contribution < 1.29 is 4.74 Å². The fourth-order valence-corrected chi connectivity index (χ4v) is 2.43. The van der Waals surface area contributed by atoms with Crippen LogP contribution in [0.15, 0.2) is 18.2 Å². The van der Waals surface area contributed by atoms with Crippen LogP contribution in [-0.4, -0.2) is 15.2 Å². The molecule has 4 heteroatoms. The van der Waals surface area contributed by atoms with Crippen molar-refractivity contribution in [3.63, 3.8) is 0 Å². The number of hydrogen-bond acceptors (Lipinski definition) is 3. The van der Waals surface area contributed by atoms with Crippen molar-refractivity contribution in [2.45, 2.75) is 65.8 Å². The van der Waals surface area contributed by atoms with Gasteiger partial charge in [-0.1, -0.05) is 6.07 Å². The Morgan fingerprint density at radius 3 is 2.33 bits per heavy atom. The first-order valence-electron chi connectivity index (χ1n) is 7.46. The monoisotopic (exact) mass is 289 g/mol. The third-order valence-corrected chi connectivity index (χ3v) is 3.33. The molecule has 116 valence electrons. The molecule has 4 nitrogen and oxygen atoms in total. The lowest BCUT2D eigenvalue weighted by Gasteiger charge is -2.26. The average Bonchev–Trinajstić information content (AvgIpc) is 2.72. The van der Waals surface area contributed by atoms with Gasteiger partial charge in [0.05, 0.1) is 16.6 Å². The predicted octanol–water partition coefficient (Wildman–Crippen LogP) is 3.57. The maximum absolute atomic E-state index is 5.93. The zero-order chi connectivity index (χ0) is 15.8.